The van der Waals surface area contributed by atoms with Crippen molar-refractivity contribution in [2.75, 3.05) is 19.7 Å². The quantitative estimate of drug-likeness (QED) is 0.783. The van der Waals surface area contributed by atoms with Crippen molar-refractivity contribution in [2.24, 2.45) is 11.8 Å². The van der Waals surface area contributed by atoms with E-state index in [0.29, 0.717) is 12.5 Å². The minimum atomic E-state index is -0.206. The highest BCUT2D eigenvalue weighted by atomic mass is 16.3. The molecule has 0 bridgehead atoms. The maximum Gasteiger partial charge on any atom is 0.242 e. The third-order valence-corrected chi connectivity index (χ3v) is 6.82. The van der Waals surface area contributed by atoms with Gasteiger partial charge in [-0.15, -0.1) is 0 Å². The Morgan fingerprint density at radius 1 is 1.17 bits per heavy atom. The molecule has 30 heavy (non-hydrogen) atoms. The van der Waals surface area contributed by atoms with Gasteiger partial charge in [-0.3, -0.25) is 9.59 Å². The highest BCUT2D eigenvalue weighted by molar-refractivity contribution is 5.88. The second-order valence-electron chi connectivity index (χ2n) is 9.24. The van der Waals surface area contributed by atoms with E-state index >= 15 is 0 Å². The Bertz CT molecular complexity index is 845. The summed E-state index contributed by atoms with van der Waals surface area (Å²) < 4.78 is 0. The number of hydrogen-bond donors (Lipinski definition) is 1. The molecule has 2 heterocycles. The molecule has 4 rings (SSSR count). The standard InChI is InChI=1S/C25H32N2O3/c1-17(2)8-9-18-10-12-19(13-11-18)24-21-14-26(15-23(29)27(21)22(24)16-28)25(30)20-6-4-3-5-7-20/h10-13,17,20-22,24,28H,3-7,14-16H2,1-2H3/t21-,22+,24+/m1/s1. The van der Waals surface area contributed by atoms with E-state index < -0.39 is 0 Å². The zero-order valence-electron chi connectivity index (χ0n) is 18.0. The van der Waals surface area contributed by atoms with Gasteiger partial charge in [0.1, 0.15) is 0 Å². The van der Waals surface area contributed by atoms with Gasteiger partial charge in [0.05, 0.1) is 25.2 Å². The topological polar surface area (TPSA) is 60.9 Å². The van der Waals surface area contributed by atoms with Crippen LogP contribution in [-0.4, -0.2) is 58.5 Å². The Balaban J connectivity index is 1.51. The first kappa shape index (κ1) is 20.9. The molecule has 0 aromatic heterocycles. The summed E-state index contributed by atoms with van der Waals surface area (Å²) in [4.78, 5) is 29.4. The predicted molar refractivity (Wildman–Crippen MR) is 116 cm³/mol. The Hall–Kier alpha value is -2.32. The summed E-state index contributed by atoms with van der Waals surface area (Å²) in [5, 5.41) is 9.96. The van der Waals surface area contributed by atoms with Crippen LogP contribution in [0.1, 0.15) is 63.0 Å². The molecule has 1 aliphatic carbocycles. The molecule has 3 aliphatic rings. The second kappa shape index (κ2) is 8.81. The maximum absolute atomic E-state index is 13.0. The van der Waals surface area contributed by atoms with Gasteiger partial charge in [0, 0.05) is 29.9 Å². The molecule has 0 unspecified atom stereocenters. The lowest BCUT2D eigenvalue weighted by atomic mass is 9.73. The Morgan fingerprint density at radius 3 is 2.50 bits per heavy atom. The largest absolute Gasteiger partial charge is 0.394 e. The van der Waals surface area contributed by atoms with Crippen molar-refractivity contribution in [3.63, 3.8) is 0 Å². The first-order chi connectivity index (χ1) is 14.5. The van der Waals surface area contributed by atoms with Crippen LogP contribution in [0.25, 0.3) is 0 Å². The van der Waals surface area contributed by atoms with Gasteiger partial charge in [-0.25, -0.2) is 0 Å². The maximum atomic E-state index is 13.0. The van der Waals surface area contributed by atoms with Gasteiger partial charge in [0.2, 0.25) is 11.8 Å². The van der Waals surface area contributed by atoms with Crippen LogP contribution in [-0.2, 0) is 9.59 Å². The lowest BCUT2D eigenvalue weighted by molar-refractivity contribution is -0.168. The van der Waals surface area contributed by atoms with Crippen molar-refractivity contribution in [1.82, 2.24) is 9.80 Å². The number of carbonyl (C=O) groups is 2. The third-order valence-electron chi connectivity index (χ3n) is 6.82. The molecular formula is C25H32N2O3. The molecule has 0 radical (unpaired) electrons. The van der Waals surface area contributed by atoms with E-state index in [1.807, 2.05) is 17.0 Å². The third kappa shape index (κ3) is 3.98. The van der Waals surface area contributed by atoms with Crippen molar-refractivity contribution >= 4 is 11.8 Å². The van der Waals surface area contributed by atoms with E-state index in [9.17, 15) is 14.7 Å². The van der Waals surface area contributed by atoms with Gasteiger partial charge in [-0.1, -0.05) is 57.1 Å². The van der Waals surface area contributed by atoms with Crippen LogP contribution in [0, 0.1) is 23.7 Å². The predicted octanol–water partition coefficient (Wildman–Crippen LogP) is 2.77. The first-order valence-electron chi connectivity index (χ1n) is 11.3. The number of hydrogen-bond acceptors (Lipinski definition) is 3. The highest BCUT2D eigenvalue weighted by Crippen LogP contribution is 2.43. The van der Waals surface area contributed by atoms with Crippen molar-refractivity contribution in [3.8, 4) is 11.8 Å². The zero-order chi connectivity index (χ0) is 21.3. The lowest BCUT2D eigenvalue weighted by Crippen LogP contribution is -2.73. The fraction of sp³-hybridized carbons (Fsp3) is 0.600. The van der Waals surface area contributed by atoms with E-state index in [0.717, 1.165) is 36.8 Å². The average molecular weight is 409 g/mol. The molecule has 1 N–H and O–H groups in total. The highest BCUT2D eigenvalue weighted by Gasteiger charge is 2.54. The van der Waals surface area contributed by atoms with Gasteiger partial charge in [0.25, 0.3) is 0 Å². The summed E-state index contributed by atoms with van der Waals surface area (Å²) in [6.07, 6.45) is 5.31. The SMILES string of the molecule is CC(C)C#Cc1ccc([C@H]2[C@H]3CN(C(=O)C4CCCCC4)CC(=O)N3[C@H]2CO)cc1. The Morgan fingerprint density at radius 2 is 1.87 bits per heavy atom. The van der Waals surface area contributed by atoms with Crippen LogP contribution >= 0.6 is 0 Å². The van der Waals surface area contributed by atoms with Crippen LogP contribution in [0.15, 0.2) is 24.3 Å². The van der Waals surface area contributed by atoms with Crippen molar-refractivity contribution in [3.05, 3.63) is 35.4 Å². The average Bonchev–Trinajstić information content (AvgIpc) is 2.74. The molecule has 1 aromatic rings. The summed E-state index contributed by atoms with van der Waals surface area (Å²) >= 11 is 0. The molecule has 0 spiro atoms. The molecule has 5 nitrogen and oxygen atoms in total. The smallest absolute Gasteiger partial charge is 0.242 e. The van der Waals surface area contributed by atoms with Gasteiger partial charge >= 0.3 is 0 Å². The molecule has 160 valence electrons. The number of benzene rings is 1. The number of carbonyl (C=O) groups excluding carboxylic acids is 2. The Kier molecular flexibility index (Phi) is 6.15. The summed E-state index contributed by atoms with van der Waals surface area (Å²) in [7, 11) is 0. The molecule has 2 aliphatic heterocycles. The zero-order valence-corrected chi connectivity index (χ0v) is 18.0. The van der Waals surface area contributed by atoms with E-state index in [-0.39, 0.29) is 48.9 Å². The van der Waals surface area contributed by atoms with Gasteiger partial charge in [-0.05, 0) is 30.5 Å². The van der Waals surface area contributed by atoms with Crippen molar-refractivity contribution in [1.29, 1.82) is 0 Å². The number of rotatable bonds is 3. The normalized spacial score (nSPS) is 26.7. The summed E-state index contributed by atoms with van der Waals surface area (Å²) in [5.41, 5.74) is 2.07. The number of piperazine rings is 1. The minimum absolute atomic E-state index is 0.0369. The molecule has 2 amide bonds. The number of fused-ring (bicyclic) bond motifs is 1. The van der Waals surface area contributed by atoms with Gasteiger partial charge in [-0.2, -0.15) is 0 Å². The Labute approximate surface area is 179 Å². The van der Waals surface area contributed by atoms with E-state index in [1.54, 1.807) is 4.90 Å². The van der Waals surface area contributed by atoms with E-state index in [4.69, 9.17) is 0 Å². The molecule has 5 heteroatoms. The van der Waals surface area contributed by atoms with E-state index in [2.05, 4.69) is 37.8 Å². The number of nitrogens with zero attached hydrogens (tertiary/aromatic N) is 2. The second-order valence-corrected chi connectivity index (χ2v) is 9.24. The molecule has 1 aromatic carbocycles. The van der Waals surface area contributed by atoms with Gasteiger partial charge < -0.3 is 14.9 Å². The van der Waals surface area contributed by atoms with Crippen molar-refractivity contribution in [2.45, 2.75) is 64.0 Å². The first-order valence-corrected chi connectivity index (χ1v) is 11.3. The number of amides is 2. The minimum Gasteiger partial charge on any atom is -0.394 e. The van der Waals surface area contributed by atoms with Crippen molar-refractivity contribution < 1.29 is 14.7 Å². The van der Waals surface area contributed by atoms with Crippen LogP contribution in [0.4, 0.5) is 0 Å². The van der Waals surface area contributed by atoms with Crippen LogP contribution in [0.2, 0.25) is 0 Å². The summed E-state index contributed by atoms with van der Waals surface area (Å²) in [6.45, 7) is 4.79. The molecule has 2 saturated heterocycles. The number of aliphatic hydroxyl groups excluding tert-OH is 1. The monoisotopic (exact) mass is 408 g/mol. The van der Waals surface area contributed by atoms with Crippen LogP contribution < -0.4 is 0 Å². The lowest BCUT2D eigenvalue weighted by Gasteiger charge is -2.59. The fourth-order valence-corrected chi connectivity index (χ4v) is 5.29. The number of aliphatic hydroxyl groups is 1. The fourth-order valence-electron chi connectivity index (χ4n) is 5.29. The molecule has 3 atom stereocenters. The summed E-state index contributed by atoms with van der Waals surface area (Å²) in [5.74, 6) is 6.90. The van der Waals surface area contributed by atoms with Crippen LogP contribution in [0.5, 0.6) is 0 Å². The summed E-state index contributed by atoms with van der Waals surface area (Å²) in [6, 6.07) is 7.88. The molecular weight excluding hydrogens is 376 g/mol. The molecule has 3 fully saturated rings. The molecule has 1 saturated carbocycles. The van der Waals surface area contributed by atoms with Crippen LogP contribution in [0.3, 0.4) is 0 Å². The van der Waals surface area contributed by atoms with Gasteiger partial charge in [0.15, 0.2) is 0 Å². The van der Waals surface area contributed by atoms with E-state index in [1.165, 1.54) is 6.42 Å².